The molecule has 0 N–H and O–H groups in total. The Bertz CT molecular complexity index is 4340. The molecule has 396 valence electrons. The predicted molar refractivity (Wildman–Crippen MR) is 291 cm³/mol. The van der Waals surface area contributed by atoms with Crippen LogP contribution in [0.3, 0.4) is 0 Å². The second kappa shape index (κ2) is 20.4. The van der Waals surface area contributed by atoms with Crippen LogP contribution >= 0.6 is 0 Å². The molecule has 0 atom stereocenters. The smallest absolute Gasteiger partial charge is 0.308 e. The zero-order valence-corrected chi connectivity index (χ0v) is 42.3. The van der Waals surface area contributed by atoms with Crippen LogP contribution in [0.2, 0.25) is 0 Å². The van der Waals surface area contributed by atoms with E-state index in [1.807, 2.05) is 60.7 Å². The summed E-state index contributed by atoms with van der Waals surface area (Å²) in [5.74, 6) is 0.685. The summed E-state index contributed by atoms with van der Waals surface area (Å²) in [7, 11) is 0. The van der Waals surface area contributed by atoms with Gasteiger partial charge in [-0.3, -0.25) is 0 Å². The standard InChI is InChI=1S/C65H33F9N8/c1-36-16-45(24-50(17-36)63(66,67)68)43-12-14-57-55(27-43)56-28-44(46-25-51(64(69,70)71)31-52(26-46)65(72,73)74)13-15-58(56)82(57)59-53(47-20-37(32-75)18-38(21-47)33-76)29-49(30-54(59)48-22-39(34-77)19-40(23-48)35-78)62-80-60(41-8-4-2-5-9-41)79-61(81-62)42-10-6-3-7-11-42/h2-31H,1H3. The first-order chi connectivity index (χ1) is 39.2. The van der Waals surface area contributed by atoms with Crippen LogP contribution in [0.5, 0.6) is 0 Å². The number of nitriles is 4. The molecule has 2 heterocycles. The molecular formula is C65H33F9N8. The summed E-state index contributed by atoms with van der Waals surface area (Å²) in [5.41, 5.74) is -0.158. The molecule has 0 saturated carbocycles. The van der Waals surface area contributed by atoms with Crippen LogP contribution in [0.4, 0.5) is 39.5 Å². The van der Waals surface area contributed by atoms with Crippen molar-refractivity contribution in [1.29, 1.82) is 21.0 Å². The third-order valence-electron chi connectivity index (χ3n) is 13.7. The lowest BCUT2D eigenvalue weighted by atomic mass is 9.90. The van der Waals surface area contributed by atoms with Crippen molar-refractivity contribution in [3.05, 3.63) is 226 Å². The molecule has 2 aromatic heterocycles. The van der Waals surface area contributed by atoms with Crippen LogP contribution in [-0.2, 0) is 18.5 Å². The van der Waals surface area contributed by atoms with Crippen molar-refractivity contribution in [3.8, 4) is 109 Å². The van der Waals surface area contributed by atoms with E-state index in [0.29, 0.717) is 34.3 Å². The molecule has 0 fully saturated rings. The third kappa shape index (κ3) is 10.2. The average Bonchev–Trinajstić information content (AvgIpc) is 4.06. The Hall–Kier alpha value is -10.9. The van der Waals surface area contributed by atoms with Gasteiger partial charge in [0.1, 0.15) is 0 Å². The minimum atomic E-state index is -5.19. The zero-order chi connectivity index (χ0) is 57.8. The Balaban J connectivity index is 1.31. The number of hydrogen-bond donors (Lipinski definition) is 0. The molecular weight excluding hydrogens is 1060 g/mol. The number of rotatable bonds is 8. The molecule has 82 heavy (non-hydrogen) atoms. The van der Waals surface area contributed by atoms with E-state index in [4.69, 9.17) is 15.0 Å². The van der Waals surface area contributed by atoms with Crippen molar-refractivity contribution in [2.75, 3.05) is 0 Å². The van der Waals surface area contributed by atoms with Crippen molar-refractivity contribution >= 4 is 21.8 Å². The number of alkyl halides is 9. The Morgan fingerprint density at radius 2 is 0.707 bits per heavy atom. The molecule has 0 unspecified atom stereocenters. The third-order valence-corrected chi connectivity index (χ3v) is 13.7. The fourth-order valence-corrected chi connectivity index (χ4v) is 10.1. The number of nitrogens with zero attached hydrogens (tertiary/aromatic N) is 8. The Morgan fingerprint density at radius 3 is 1.09 bits per heavy atom. The highest BCUT2D eigenvalue weighted by Crippen LogP contribution is 2.47. The number of halogens is 9. The molecule has 11 aromatic rings. The van der Waals surface area contributed by atoms with Gasteiger partial charge in [-0.05, 0) is 149 Å². The van der Waals surface area contributed by atoms with Crippen LogP contribution in [0.15, 0.2) is 182 Å². The largest absolute Gasteiger partial charge is 0.416 e. The maximum absolute atomic E-state index is 14.4. The number of fused-ring (bicyclic) bond motifs is 3. The van der Waals surface area contributed by atoms with Gasteiger partial charge >= 0.3 is 18.5 Å². The van der Waals surface area contributed by atoms with E-state index in [1.165, 1.54) is 67.6 Å². The van der Waals surface area contributed by atoms with Crippen molar-refractivity contribution in [2.45, 2.75) is 25.5 Å². The van der Waals surface area contributed by atoms with E-state index in [0.717, 1.165) is 12.1 Å². The monoisotopic (exact) mass is 1100 g/mol. The molecule has 11 rings (SSSR count). The van der Waals surface area contributed by atoms with E-state index in [-0.39, 0.29) is 112 Å². The molecule has 0 aliphatic heterocycles. The molecule has 0 aliphatic rings. The fraction of sp³-hybridized carbons (Fsp3) is 0.0615. The molecule has 17 heteroatoms. The fourth-order valence-electron chi connectivity index (χ4n) is 10.1. The SMILES string of the molecule is Cc1cc(-c2ccc3c(c2)c2cc(-c4cc(C(F)(F)F)cc(C(F)(F)F)c4)ccc2n3-c2c(-c3cc(C#N)cc(C#N)c3)cc(-c3nc(-c4ccccc4)nc(-c4ccccc4)n3)cc2-c2cc(C#N)cc(C#N)c2)cc(C(F)(F)F)c1. The van der Waals surface area contributed by atoms with Crippen LogP contribution in [0, 0.1) is 52.2 Å². The highest BCUT2D eigenvalue weighted by molar-refractivity contribution is 6.13. The summed E-state index contributed by atoms with van der Waals surface area (Å²) in [6.45, 7) is 1.49. The first-order valence-corrected chi connectivity index (χ1v) is 24.7. The van der Waals surface area contributed by atoms with Gasteiger partial charge in [0.05, 0.1) is 79.9 Å². The lowest BCUT2D eigenvalue weighted by molar-refractivity contribution is -0.143. The summed E-state index contributed by atoms with van der Waals surface area (Å²) >= 11 is 0. The normalized spacial score (nSPS) is 11.7. The van der Waals surface area contributed by atoms with Crippen molar-refractivity contribution in [3.63, 3.8) is 0 Å². The minimum absolute atomic E-state index is 0.0178. The first-order valence-electron chi connectivity index (χ1n) is 24.7. The first kappa shape index (κ1) is 53.1. The van der Waals surface area contributed by atoms with Gasteiger partial charge in [0, 0.05) is 38.6 Å². The molecule has 0 amide bonds. The number of benzene rings is 9. The van der Waals surface area contributed by atoms with Crippen molar-refractivity contribution in [2.24, 2.45) is 0 Å². The molecule has 0 spiro atoms. The topological polar surface area (TPSA) is 139 Å². The van der Waals surface area contributed by atoms with Gasteiger partial charge in [0.2, 0.25) is 0 Å². The van der Waals surface area contributed by atoms with Gasteiger partial charge < -0.3 is 4.57 Å². The number of aryl methyl sites for hydroxylation is 1. The Morgan fingerprint density at radius 1 is 0.341 bits per heavy atom. The van der Waals surface area contributed by atoms with Gasteiger partial charge in [0.15, 0.2) is 17.5 Å². The molecule has 8 nitrogen and oxygen atoms in total. The van der Waals surface area contributed by atoms with Crippen LogP contribution in [-0.4, -0.2) is 19.5 Å². The molecule has 0 saturated heterocycles. The quantitative estimate of drug-likeness (QED) is 0.138. The second-order valence-corrected chi connectivity index (χ2v) is 19.2. The summed E-state index contributed by atoms with van der Waals surface area (Å²) in [6.07, 6.45) is -15.1. The highest BCUT2D eigenvalue weighted by atomic mass is 19.4. The molecule has 0 bridgehead atoms. The zero-order valence-electron chi connectivity index (χ0n) is 42.3. The van der Waals surface area contributed by atoms with E-state index in [1.54, 1.807) is 34.9 Å². The minimum Gasteiger partial charge on any atom is -0.308 e. The van der Waals surface area contributed by atoms with Crippen LogP contribution in [0.1, 0.15) is 44.5 Å². The van der Waals surface area contributed by atoms with Crippen molar-refractivity contribution < 1.29 is 39.5 Å². The van der Waals surface area contributed by atoms with Gasteiger partial charge in [-0.25, -0.2) is 15.0 Å². The summed E-state index contributed by atoms with van der Waals surface area (Å²) in [5, 5.41) is 42.2. The molecule has 0 radical (unpaired) electrons. The van der Waals surface area contributed by atoms with Crippen LogP contribution < -0.4 is 0 Å². The maximum atomic E-state index is 14.4. The summed E-state index contributed by atoms with van der Waals surface area (Å²) < 4.78 is 131. The van der Waals surface area contributed by atoms with Gasteiger partial charge in [-0.1, -0.05) is 78.9 Å². The van der Waals surface area contributed by atoms with E-state index in [2.05, 4.69) is 24.3 Å². The lowest BCUT2D eigenvalue weighted by Crippen LogP contribution is -2.11. The number of hydrogen-bond acceptors (Lipinski definition) is 7. The van der Waals surface area contributed by atoms with Gasteiger partial charge in [-0.2, -0.15) is 60.6 Å². The summed E-state index contributed by atoms with van der Waals surface area (Å²) in [4.78, 5) is 14.8. The van der Waals surface area contributed by atoms with Gasteiger partial charge in [-0.15, -0.1) is 0 Å². The summed E-state index contributed by atoms with van der Waals surface area (Å²) in [6, 6.07) is 52.6. The van der Waals surface area contributed by atoms with Crippen molar-refractivity contribution in [1.82, 2.24) is 19.5 Å². The van der Waals surface area contributed by atoms with Crippen LogP contribution in [0.25, 0.3) is 106 Å². The molecule has 0 aliphatic carbocycles. The lowest BCUT2D eigenvalue weighted by Gasteiger charge is -2.22. The Labute approximate surface area is 460 Å². The predicted octanol–water partition coefficient (Wildman–Crippen LogP) is 17.5. The Kier molecular flexibility index (Phi) is 13.2. The number of aromatic nitrogens is 4. The van der Waals surface area contributed by atoms with E-state index in [9.17, 15) is 60.6 Å². The van der Waals surface area contributed by atoms with Gasteiger partial charge in [0.25, 0.3) is 0 Å². The average molecular weight is 1100 g/mol. The molecule has 9 aromatic carbocycles. The second-order valence-electron chi connectivity index (χ2n) is 19.2. The highest BCUT2D eigenvalue weighted by Gasteiger charge is 2.37. The maximum Gasteiger partial charge on any atom is 0.416 e. The van der Waals surface area contributed by atoms with E-state index >= 15 is 0 Å². The van der Waals surface area contributed by atoms with E-state index < -0.39 is 40.8 Å².